The zero-order valence-corrected chi connectivity index (χ0v) is 14.7. The van der Waals surface area contributed by atoms with Gasteiger partial charge in [0.1, 0.15) is 5.75 Å². The Bertz CT molecular complexity index is 640. The van der Waals surface area contributed by atoms with E-state index in [1.807, 2.05) is 31.2 Å². The third kappa shape index (κ3) is 5.32. The molecule has 1 N–H and O–H groups in total. The van der Waals surface area contributed by atoms with Crippen LogP contribution in [-0.4, -0.2) is 18.8 Å². The van der Waals surface area contributed by atoms with E-state index >= 15 is 0 Å². The number of hydrogen-bond acceptors (Lipinski definition) is 3. The lowest BCUT2D eigenvalue weighted by atomic mass is 10.1. The minimum atomic E-state index is -0.0707. The molecule has 2 rings (SSSR count). The summed E-state index contributed by atoms with van der Waals surface area (Å²) < 4.78 is 5.34. The van der Waals surface area contributed by atoms with Gasteiger partial charge < -0.3 is 10.1 Å². The summed E-state index contributed by atoms with van der Waals surface area (Å²) in [7, 11) is 1.64. The molecule has 0 aliphatic carbocycles. The van der Waals surface area contributed by atoms with Crippen LogP contribution >= 0.6 is 11.8 Å². The van der Waals surface area contributed by atoms with Crippen LogP contribution < -0.4 is 10.1 Å². The zero-order chi connectivity index (χ0) is 16.7. The number of amides is 1. The van der Waals surface area contributed by atoms with Crippen molar-refractivity contribution in [2.75, 3.05) is 12.9 Å². The minimum Gasteiger partial charge on any atom is -0.496 e. The number of methoxy groups -OCH3 is 1. The van der Waals surface area contributed by atoms with Crippen molar-refractivity contribution in [2.24, 2.45) is 0 Å². The molecule has 0 saturated carbocycles. The van der Waals surface area contributed by atoms with Crippen LogP contribution in [0.3, 0.4) is 0 Å². The van der Waals surface area contributed by atoms with Crippen molar-refractivity contribution in [1.82, 2.24) is 5.32 Å². The van der Waals surface area contributed by atoms with E-state index in [0.29, 0.717) is 5.75 Å². The summed E-state index contributed by atoms with van der Waals surface area (Å²) in [4.78, 5) is 12.1. The fraction of sp³-hybridized carbons (Fsp3) is 0.316. The third-order valence-corrected chi connectivity index (χ3v) is 4.61. The second kappa shape index (κ2) is 8.63. The van der Waals surface area contributed by atoms with Crippen LogP contribution in [0.2, 0.25) is 0 Å². The van der Waals surface area contributed by atoms with Gasteiger partial charge in [0, 0.05) is 11.3 Å². The fourth-order valence-electron chi connectivity index (χ4n) is 2.33. The molecule has 0 aliphatic rings. The number of carbonyl (C=O) groups is 1. The summed E-state index contributed by atoms with van der Waals surface area (Å²) >= 11 is 1.62. The molecule has 0 spiro atoms. The lowest BCUT2D eigenvalue weighted by Crippen LogP contribution is -2.28. The molecular weight excluding hydrogens is 306 g/mol. The number of thioether (sulfide) groups is 1. The molecule has 0 fully saturated rings. The number of rotatable bonds is 7. The minimum absolute atomic E-state index is 0.0421. The van der Waals surface area contributed by atoms with Crippen molar-refractivity contribution in [3.8, 4) is 5.75 Å². The van der Waals surface area contributed by atoms with Gasteiger partial charge in [-0.25, -0.2) is 0 Å². The van der Waals surface area contributed by atoms with E-state index in [2.05, 4.69) is 36.5 Å². The smallest absolute Gasteiger partial charge is 0.230 e. The average Bonchev–Trinajstić information content (AvgIpc) is 2.56. The molecule has 1 amide bonds. The first-order valence-corrected chi connectivity index (χ1v) is 8.81. The maximum atomic E-state index is 12.1. The highest BCUT2D eigenvalue weighted by Gasteiger charge is 2.13. The second-order valence-corrected chi connectivity index (χ2v) is 6.50. The topological polar surface area (TPSA) is 38.3 Å². The molecule has 0 aromatic heterocycles. The van der Waals surface area contributed by atoms with Crippen molar-refractivity contribution >= 4 is 17.7 Å². The van der Waals surface area contributed by atoms with Gasteiger partial charge in [0.2, 0.25) is 5.91 Å². The Labute approximate surface area is 142 Å². The van der Waals surface area contributed by atoms with Crippen molar-refractivity contribution in [1.29, 1.82) is 0 Å². The molecule has 0 radical (unpaired) electrons. The van der Waals surface area contributed by atoms with Crippen LogP contribution in [-0.2, 0) is 10.5 Å². The molecule has 0 unspecified atom stereocenters. The molecule has 2 aromatic carbocycles. The van der Waals surface area contributed by atoms with E-state index in [0.717, 1.165) is 17.1 Å². The predicted molar refractivity (Wildman–Crippen MR) is 96.9 cm³/mol. The van der Waals surface area contributed by atoms with Gasteiger partial charge in [-0.15, -0.1) is 11.8 Å². The highest BCUT2D eigenvalue weighted by molar-refractivity contribution is 7.99. The maximum Gasteiger partial charge on any atom is 0.230 e. The quantitative estimate of drug-likeness (QED) is 0.830. The Morgan fingerprint density at radius 1 is 1.17 bits per heavy atom. The number of nitrogens with one attached hydrogen (secondary N) is 1. The molecule has 1 atom stereocenters. The monoisotopic (exact) mass is 329 g/mol. The number of hydrogen-bond donors (Lipinski definition) is 1. The summed E-state index contributed by atoms with van der Waals surface area (Å²) in [5.41, 5.74) is 3.49. The lowest BCUT2D eigenvalue weighted by molar-refractivity contribution is -0.119. The van der Waals surface area contributed by atoms with Crippen LogP contribution in [0.4, 0.5) is 0 Å². The van der Waals surface area contributed by atoms with Crippen LogP contribution in [0.1, 0.15) is 29.7 Å². The number of ether oxygens (including phenoxy) is 1. The van der Waals surface area contributed by atoms with E-state index in [1.54, 1.807) is 18.9 Å². The summed E-state index contributed by atoms with van der Waals surface area (Å²) in [6.45, 7) is 4.05. The van der Waals surface area contributed by atoms with Crippen LogP contribution in [0.25, 0.3) is 0 Å². The molecular formula is C19H23NO2S. The predicted octanol–water partition coefficient (Wildman–Crippen LogP) is 4.11. The second-order valence-electron chi connectivity index (χ2n) is 5.51. The fourth-order valence-corrected chi connectivity index (χ4v) is 3.13. The molecule has 122 valence electrons. The first kappa shape index (κ1) is 17.4. The Morgan fingerprint density at radius 2 is 1.87 bits per heavy atom. The highest BCUT2D eigenvalue weighted by atomic mass is 32.2. The van der Waals surface area contributed by atoms with Crippen molar-refractivity contribution in [2.45, 2.75) is 25.6 Å². The zero-order valence-electron chi connectivity index (χ0n) is 13.8. The normalized spacial score (nSPS) is 11.8. The van der Waals surface area contributed by atoms with Gasteiger partial charge >= 0.3 is 0 Å². The van der Waals surface area contributed by atoms with Crippen LogP contribution in [0, 0.1) is 6.92 Å². The van der Waals surface area contributed by atoms with Gasteiger partial charge in [-0.3, -0.25) is 4.79 Å². The van der Waals surface area contributed by atoms with Gasteiger partial charge in [-0.1, -0.05) is 48.0 Å². The van der Waals surface area contributed by atoms with E-state index in [-0.39, 0.29) is 11.9 Å². The number of aryl methyl sites for hydroxylation is 1. The molecule has 0 aliphatic heterocycles. The first-order chi connectivity index (χ1) is 11.1. The van der Waals surface area contributed by atoms with Crippen molar-refractivity contribution in [3.05, 3.63) is 65.2 Å². The molecule has 3 nitrogen and oxygen atoms in total. The number of para-hydroxylation sites is 1. The molecule has 0 saturated heterocycles. The highest BCUT2D eigenvalue weighted by Crippen LogP contribution is 2.24. The lowest BCUT2D eigenvalue weighted by Gasteiger charge is -2.17. The molecule has 2 aromatic rings. The Hall–Kier alpha value is -1.94. The summed E-state index contributed by atoms with van der Waals surface area (Å²) in [5.74, 6) is 2.14. The molecule has 23 heavy (non-hydrogen) atoms. The Balaban J connectivity index is 1.81. The van der Waals surface area contributed by atoms with E-state index in [4.69, 9.17) is 4.74 Å². The van der Waals surface area contributed by atoms with Gasteiger partial charge in [0.25, 0.3) is 0 Å². The Morgan fingerprint density at radius 3 is 2.57 bits per heavy atom. The number of benzene rings is 2. The van der Waals surface area contributed by atoms with Gasteiger partial charge in [-0.05, 0) is 25.5 Å². The molecule has 0 bridgehead atoms. The van der Waals surface area contributed by atoms with E-state index < -0.39 is 0 Å². The first-order valence-electron chi connectivity index (χ1n) is 7.65. The van der Waals surface area contributed by atoms with Crippen LogP contribution in [0.15, 0.2) is 48.5 Å². The van der Waals surface area contributed by atoms with E-state index in [9.17, 15) is 4.79 Å². The summed E-state index contributed by atoms with van der Waals surface area (Å²) in [6.07, 6.45) is 0. The van der Waals surface area contributed by atoms with Crippen molar-refractivity contribution in [3.63, 3.8) is 0 Å². The van der Waals surface area contributed by atoms with Gasteiger partial charge in [0.15, 0.2) is 0 Å². The van der Waals surface area contributed by atoms with Gasteiger partial charge in [0.05, 0.1) is 18.9 Å². The van der Waals surface area contributed by atoms with Crippen molar-refractivity contribution < 1.29 is 9.53 Å². The van der Waals surface area contributed by atoms with Gasteiger partial charge in [-0.2, -0.15) is 0 Å². The number of carbonyl (C=O) groups excluding carboxylic acids is 1. The maximum absolute atomic E-state index is 12.1. The molecule has 4 heteroatoms. The Kier molecular flexibility index (Phi) is 6.53. The SMILES string of the molecule is COc1ccccc1[C@@H](C)NC(=O)CSCc1ccc(C)cc1. The molecule has 0 heterocycles. The largest absolute Gasteiger partial charge is 0.496 e. The average molecular weight is 329 g/mol. The standard InChI is InChI=1S/C19H23NO2S/c1-14-8-10-16(11-9-14)12-23-13-19(21)20-15(2)17-6-4-5-7-18(17)22-3/h4-11,15H,12-13H2,1-3H3,(H,20,21)/t15-/m1/s1. The summed E-state index contributed by atoms with van der Waals surface area (Å²) in [6, 6.07) is 16.1. The van der Waals surface area contributed by atoms with E-state index in [1.165, 1.54) is 11.1 Å². The third-order valence-electron chi connectivity index (χ3n) is 3.61. The van der Waals surface area contributed by atoms with Crippen LogP contribution in [0.5, 0.6) is 5.75 Å². The summed E-state index contributed by atoms with van der Waals surface area (Å²) in [5, 5.41) is 3.03.